The van der Waals surface area contributed by atoms with Crippen molar-refractivity contribution in [2.75, 3.05) is 6.54 Å². The average Bonchev–Trinajstić information content (AvgIpc) is 4.03. The molecule has 1 saturated heterocycles. The summed E-state index contributed by atoms with van der Waals surface area (Å²) in [5.74, 6) is -4.04. The number of hydrogen-bond donors (Lipinski definition) is 2. The second-order valence-electron chi connectivity index (χ2n) is 15.3. The van der Waals surface area contributed by atoms with Gasteiger partial charge in [0, 0.05) is 54.1 Å². The van der Waals surface area contributed by atoms with Crippen LogP contribution in [0, 0.1) is 23.2 Å². The van der Waals surface area contributed by atoms with Gasteiger partial charge in [-0.05, 0) is 36.3 Å². The van der Waals surface area contributed by atoms with Gasteiger partial charge in [-0.15, -0.1) is 0 Å². The van der Waals surface area contributed by atoms with Gasteiger partial charge < -0.3 is 20.4 Å². The number of aromatic nitrogens is 2. The van der Waals surface area contributed by atoms with Gasteiger partial charge in [0.1, 0.15) is 17.8 Å². The minimum absolute atomic E-state index is 0.0175. The summed E-state index contributed by atoms with van der Waals surface area (Å²) in [6, 6.07) is 3.96. The predicted molar refractivity (Wildman–Crippen MR) is 185 cm³/mol. The first-order valence-electron chi connectivity index (χ1n) is 17.5. The minimum atomic E-state index is -1.09. The fourth-order valence-corrected chi connectivity index (χ4v) is 7.15. The molecule has 2 saturated carbocycles. The first-order valence-corrected chi connectivity index (χ1v) is 17.9. The quantitative estimate of drug-likeness (QED) is 0.232. The lowest BCUT2D eigenvalue weighted by Crippen LogP contribution is -2.59. The van der Waals surface area contributed by atoms with Gasteiger partial charge in [-0.1, -0.05) is 69.4 Å². The Labute approximate surface area is 301 Å². The summed E-state index contributed by atoms with van der Waals surface area (Å²) < 4.78 is 0. The zero-order valence-corrected chi connectivity index (χ0v) is 29.9. The lowest BCUT2D eigenvalue weighted by atomic mass is 9.85. The molecule has 1 aromatic carbocycles. The molecule has 1 aromatic heterocycles. The summed E-state index contributed by atoms with van der Waals surface area (Å²) >= 11 is 6.24. The summed E-state index contributed by atoms with van der Waals surface area (Å²) in [4.78, 5) is 96.3. The molecule has 6 atom stereocenters. The Kier molecular flexibility index (Phi) is 10.1. The van der Waals surface area contributed by atoms with Crippen LogP contribution in [0.25, 0.3) is 0 Å². The minimum Gasteiger partial charge on any atom is -0.387 e. The van der Waals surface area contributed by atoms with Crippen molar-refractivity contribution in [1.82, 2.24) is 25.5 Å². The van der Waals surface area contributed by atoms with E-state index in [9.17, 15) is 28.8 Å². The summed E-state index contributed by atoms with van der Waals surface area (Å²) in [5.41, 5.74) is -0.350. The normalized spacial score (nSPS) is 25.0. The number of benzene rings is 1. The fraction of sp³-hybridized carbons (Fsp3) is 0.541. The molecule has 14 heteroatoms. The average molecular weight is 719 g/mol. The van der Waals surface area contributed by atoms with Crippen molar-refractivity contribution in [1.29, 1.82) is 0 Å². The van der Waals surface area contributed by atoms with Crippen LogP contribution in [0.1, 0.15) is 88.7 Å². The van der Waals surface area contributed by atoms with Crippen LogP contribution in [0.3, 0.4) is 0 Å². The SMILES string of the molecule is CCC(=O)C(=O)[C@H](CC1CC1)NC(=O)[C@@H]1C[C@]2(CC(c3cccc(Cl)c3)=NO2)CN1C(=O)[C@@H](NC(=O)[C@@H]1C[C@H]1C(=O)c1cnccn1)C(C)(C)C. The smallest absolute Gasteiger partial charge is 0.246 e. The van der Waals surface area contributed by atoms with Crippen molar-refractivity contribution in [2.24, 2.45) is 28.3 Å². The Hall–Kier alpha value is -4.52. The number of nitrogens with one attached hydrogen (secondary N) is 2. The van der Waals surface area contributed by atoms with Gasteiger partial charge in [0.05, 0.1) is 24.5 Å². The van der Waals surface area contributed by atoms with E-state index in [0.717, 1.165) is 18.4 Å². The highest BCUT2D eigenvalue weighted by atomic mass is 35.5. The molecule has 0 bridgehead atoms. The maximum atomic E-state index is 14.6. The van der Waals surface area contributed by atoms with E-state index in [4.69, 9.17) is 16.4 Å². The Morgan fingerprint density at radius 1 is 1.06 bits per heavy atom. The Morgan fingerprint density at radius 3 is 2.47 bits per heavy atom. The number of oxime groups is 1. The number of ketones is 3. The van der Waals surface area contributed by atoms with Crippen molar-refractivity contribution in [3.8, 4) is 0 Å². The van der Waals surface area contributed by atoms with Crippen LogP contribution in [0.2, 0.25) is 5.02 Å². The van der Waals surface area contributed by atoms with Crippen molar-refractivity contribution in [3.05, 3.63) is 59.1 Å². The third-order valence-corrected chi connectivity index (χ3v) is 10.4. The predicted octanol–water partition coefficient (Wildman–Crippen LogP) is 3.48. The molecule has 1 spiro atoms. The van der Waals surface area contributed by atoms with Crippen molar-refractivity contribution in [2.45, 2.75) is 96.4 Å². The molecule has 6 rings (SSSR count). The number of amides is 3. The van der Waals surface area contributed by atoms with Gasteiger partial charge in [-0.3, -0.25) is 33.8 Å². The van der Waals surface area contributed by atoms with Gasteiger partial charge in [-0.2, -0.15) is 0 Å². The molecule has 13 nitrogen and oxygen atoms in total. The molecule has 4 aliphatic rings. The molecule has 0 unspecified atom stereocenters. The van der Waals surface area contributed by atoms with Crippen LogP contribution in [0.15, 0.2) is 48.0 Å². The molecular formula is C37H43ClN6O7. The van der Waals surface area contributed by atoms with Crippen LogP contribution in [0.4, 0.5) is 0 Å². The van der Waals surface area contributed by atoms with Crippen LogP contribution in [-0.2, 0) is 28.8 Å². The molecule has 3 heterocycles. The highest BCUT2D eigenvalue weighted by Crippen LogP contribution is 2.43. The van der Waals surface area contributed by atoms with E-state index in [1.165, 1.54) is 23.5 Å². The van der Waals surface area contributed by atoms with Crippen LogP contribution in [-0.4, -0.2) is 85.9 Å². The summed E-state index contributed by atoms with van der Waals surface area (Å²) in [6.07, 6.45) is 7.07. The number of carbonyl (C=O) groups excluding carboxylic acids is 6. The molecule has 2 aliphatic carbocycles. The largest absolute Gasteiger partial charge is 0.387 e. The van der Waals surface area contributed by atoms with Gasteiger partial charge in [0.2, 0.25) is 23.5 Å². The molecule has 51 heavy (non-hydrogen) atoms. The first kappa shape index (κ1) is 36.3. The van der Waals surface area contributed by atoms with Crippen LogP contribution < -0.4 is 10.6 Å². The van der Waals surface area contributed by atoms with E-state index in [0.29, 0.717) is 23.6 Å². The number of Topliss-reactive ketones (excluding diaryl/α,β-unsaturated/α-hetero) is 3. The molecule has 3 amide bonds. The topological polar surface area (TPSA) is 177 Å². The van der Waals surface area contributed by atoms with E-state index in [2.05, 4.69) is 25.8 Å². The second kappa shape index (κ2) is 14.2. The molecule has 3 fully saturated rings. The number of carbonyl (C=O) groups is 6. The maximum Gasteiger partial charge on any atom is 0.246 e. The van der Waals surface area contributed by atoms with E-state index >= 15 is 0 Å². The summed E-state index contributed by atoms with van der Waals surface area (Å²) in [5, 5.41) is 10.6. The Bertz CT molecular complexity index is 1770. The monoisotopic (exact) mass is 718 g/mol. The molecule has 2 aromatic rings. The molecule has 2 N–H and O–H groups in total. The fourth-order valence-electron chi connectivity index (χ4n) is 6.96. The van der Waals surface area contributed by atoms with E-state index in [1.807, 2.05) is 6.07 Å². The van der Waals surface area contributed by atoms with Crippen LogP contribution in [0.5, 0.6) is 0 Å². The highest BCUT2D eigenvalue weighted by molar-refractivity contribution is 6.39. The zero-order chi connectivity index (χ0) is 36.7. The molecule has 0 radical (unpaired) electrons. The van der Waals surface area contributed by atoms with Gasteiger partial charge >= 0.3 is 0 Å². The summed E-state index contributed by atoms with van der Waals surface area (Å²) in [7, 11) is 0. The standard InChI is InChI=1S/C37H43ClN6O7/c1-5-29(45)31(47)25(13-20-9-10-20)41-34(49)28-17-37(16-26(43-51-37)21-7-6-8-22(38)14-21)19-44(28)35(50)32(36(2,3)4)42-33(48)24-15-23(24)30(46)27-18-39-11-12-40-27/h6-8,11-12,14,18,20,23-25,28,32H,5,9-10,13,15-17,19H2,1-4H3,(H,41,49)(H,42,48)/t23-,24-,25+,28+,32-,37-/m1/s1. The Balaban J connectivity index is 1.24. The number of nitrogens with zero attached hydrogens (tertiary/aromatic N) is 4. The van der Waals surface area contributed by atoms with Crippen molar-refractivity contribution in [3.63, 3.8) is 0 Å². The second-order valence-corrected chi connectivity index (χ2v) is 15.7. The highest BCUT2D eigenvalue weighted by Gasteiger charge is 2.56. The third kappa shape index (κ3) is 8.03. The van der Waals surface area contributed by atoms with Crippen molar-refractivity contribution >= 4 is 52.4 Å². The lowest BCUT2D eigenvalue weighted by Gasteiger charge is -2.35. The van der Waals surface area contributed by atoms with Gasteiger partial charge in [0.25, 0.3) is 0 Å². The number of likely N-dealkylation sites (tertiary alicyclic amines) is 1. The number of rotatable bonds is 13. The molecule has 270 valence electrons. The van der Waals surface area contributed by atoms with E-state index in [-0.39, 0.29) is 43.2 Å². The third-order valence-electron chi connectivity index (χ3n) is 10.2. The van der Waals surface area contributed by atoms with E-state index in [1.54, 1.807) is 45.9 Å². The van der Waals surface area contributed by atoms with Crippen molar-refractivity contribution < 1.29 is 33.6 Å². The Morgan fingerprint density at radius 2 is 1.82 bits per heavy atom. The van der Waals surface area contributed by atoms with Crippen LogP contribution >= 0.6 is 11.6 Å². The lowest BCUT2D eigenvalue weighted by molar-refractivity contribution is -0.145. The van der Waals surface area contributed by atoms with E-state index < -0.39 is 70.3 Å². The molecular weight excluding hydrogens is 676 g/mol. The van der Waals surface area contributed by atoms with Gasteiger partial charge in [-0.25, -0.2) is 4.98 Å². The number of halogens is 1. The zero-order valence-electron chi connectivity index (χ0n) is 29.2. The number of hydrogen-bond acceptors (Lipinski definition) is 10. The van der Waals surface area contributed by atoms with Gasteiger partial charge in [0.15, 0.2) is 17.2 Å². The summed E-state index contributed by atoms with van der Waals surface area (Å²) in [6.45, 7) is 6.99. The maximum absolute atomic E-state index is 14.6. The molecule has 2 aliphatic heterocycles. The first-order chi connectivity index (χ1) is 24.2.